The smallest absolute Gasteiger partial charge is 0.335 e. The van der Waals surface area contributed by atoms with E-state index >= 15 is 0 Å². The third-order valence-corrected chi connectivity index (χ3v) is 3.13. The number of carboxylic acid groups (broad SMARTS) is 1. The first-order valence-corrected chi connectivity index (χ1v) is 7.15. The van der Waals surface area contributed by atoms with Crippen molar-refractivity contribution in [3.63, 3.8) is 0 Å². The number of aromatic carboxylic acids is 1. The number of carboxylic acids is 1. The SMILES string of the molecule is CSCCCCNC(=O)c1cccc(C(=O)O)c1. The van der Waals surface area contributed by atoms with E-state index in [4.69, 9.17) is 5.11 Å². The Balaban J connectivity index is 2.46. The Kier molecular flexibility index (Phi) is 6.28. The molecule has 0 fully saturated rings. The molecule has 0 aromatic heterocycles. The van der Waals surface area contributed by atoms with E-state index in [0.29, 0.717) is 12.1 Å². The van der Waals surface area contributed by atoms with Crippen molar-refractivity contribution in [1.29, 1.82) is 0 Å². The lowest BCUT2D eigenvalue weighted by Crippen LogP contribution is -2.24. The highest BCUT2D eigenvalue weighted by molar-refractivity contribution is 7.98. The topological polar surface area (TPSA) is 66.4 Å². The summed E-state index contributed by atoms with van der Waals surface area (Å²) >= 11 is 1.78. The maximum absolute atomic E-state index is 11.7. The van der Waals surface area contributed by atoms with Gasteiger partial charge in [0.15, 0.2) is 0 Å². The van der Waals surface area contributed by atoms with Crippen molar-refractivity contribution >= 4 is 23.6 Å². The molecule has 0 bridgehead atoms. The van der Waals surface area contributed by atoms with Gasteiger partial charge in [-0.3, -0.25) is 4.79 Å². The summed E-state index contributed by atoms with van der Waals surface area (Å²) in [7, 11) is 0. The van der Waals surface area contributed by atoms with Crippen molar-refractivity contribution < 1.29 is 14.7 Å². The van der Waals surface area contributed by atoms with Crippen molar-refractivity contribution in [3.05, 3.63) is 35.4 Å². The minimum Gasteiger partial charge on any atom is -0.478 e. The van der Waals surface area contributed by atoms with E-state index in [1.54, 1.807) is 23.9 Å². The van der Waals surface area contributed by atoms with E-state index in [1.807, 2.05) is 0 Å². The molecule has 0 spiro atoms. The van der Waals surface area contributed by atoms with Crippen molar-refractivity contribution in [1.82, 2.24) is 5.32 Å². The molecule has 1 amide bonds. The van der Waals surface area contributed by atoms with Crippen LogP contribution in [0.2, 0.25) is 0 Å². The molecule has 0 saturated carbocycles. The second-order valence-electron chi connectivity index (χ2n) is 3.84. The highest BCUT2D eigenvalue weighted by Gasteiger charge is 2.08. The van der Waals surface area contributed by atoms with Gasteiger partial charge in [0.05, 0.1) is 5.56 Å². The van der Waals surface area contributed by atoms with E-state index in [1.165, 1.54) is 12.1 Å². The van der Waals surface area contributed by atoms with Gasteiger partial charge in [-0.2, -0.15) is 11.8 Å². The average molecular weight is 267 g/mol. The molecule has 1 aromatic rings. The zero-order chi connectivity index (χ0) is 13.4. The predicted molar refractivity (Wildman–Crippen MR) is 73.4 cm³/mol. The maximum Gasteiger partial charge on any atom is 0.335 e. The van der Waals surface area contributed by atoms with Crippen LogP contribution in [0.15, 0.2) is 24.3 Å². The van der Waals surface area contributed by atoms with Crippen molar-refractivity contribution in [3.8, 4) is 0 Å². The third kappa shape index (κ3) is 4.79. The Labute approximate surface area is 111 Å². The highest BCUT2D eigenvalue weighted by Crippen LogP contribution is 2.05. The predicted octanol–water partition coefficient (Wildman–Crippen LogP) is 2.26. The molecule has 98 valence electrons. The fourth-order valence-electron chi connectivity index (χ4n) is 1.47. The standard InChI is InChI=1S/C13H17NO3S/c1-18-8-3-2-7-14-12(15)10-5-4-6-11(9-10)13(16)17/h4-6,9H,2-3,7-8H2,1H3,(H,14,15)(H,16,17). The molecule has 18 heavy (non-hydrogen) atoms. The number of thioether (sulfide) groups is 1. The third-order valence-electron chi connectivity index (χ3n) is 2.43. The van der Waals surface area contributed by atoms with Crippen molar-refractivity contribution in [2.75, 3.05) is 18.6 Å². The van der Waals surface area contributed by atoms with Gasteiger partial charge < -0.3 is 10.4 Å². The first kappa shape index (κ1) is 14.6. The van der Waals surface area contributed by atoms with Crippen LogP contribution in [0.5, 0.6) is 0 Å². The molecule has 4 nitrogen and oxygen atoms in total. The van der Waals surface area contributed by atoms with E-state index in [-0.39, 0.29) is 11.5 Å². The number of nitrogens with one attached hydrogen (secondary N) is 1. The molecule has 0 heterocycles. The summed E-state index contributed by atoms with van der Waals surface area (Å²) in [6, 6.07) is 6.05. The van der Waals surface area contributed by atoms with E-state index in [2.05, 4.69) is 11.6 Å². The second kappa shape index (κ2) is 7.76. The molecule has 0 radical (unpaired) electrons. The lowest BCUT2D eigenvalue weighted by atomic mass is 10.1. The molecule has 0 unspecified atom stereocenters. The minimum absolute atomic E-state index is 0.130. The Morgan fingerprint density at radius 1 is 1.28 bits per heavy atom. The highest BCUT2D eigenvalue weighted by atomic mass is 32.2. The number of benzene rings is 1. The van der Waals surface area contributed by atoms with Gasteiger partial charge in [0.1, 0.15) is 0 Å². The van der Waals surface area contributed by atoms with Gasteiger partial charge in [0, 0.05) is 12.1 Å². The Bertz CT molecular complexity index is 420. The fraction of sp³-hybridized carbons (Fsp3) is 0.385. The number of unbranched alkanes of at least 4 members (excludes halogenated alkanes) is 1. The summed E-state index contributed by atoms with van der Waals surface area (Å²) in [5.74, 6) is -0.156. The molecule has 0 aliphatic heterocycles. The Morgan fingerprint density at radius 3 is 2.67 bits per heavy atom. The number of hydrogen-bond acceptors (Lipinski definition) is 3. The van der Waals surface area contributed by atoms with Gasteiger partial charge in [0.2, 0.25) is 0 Å². The molecule has 0 aliphatic carbocycles. The zero-order valence-corrected chi connectivity index (χ0v) is 11.1. The summed E-state index contributed by atoms with van der Waals surface area (Å²) in [4.78, 5) is 22.5. The maximum atomic E-state index is 11.7. The lowest BCUT2D eigenvalue weighted by molar-refractivity contribution is 0.0697. The van der Waals surface area contributed by atoms with Gasteiger partial charge in [0.25, 0.3) is 5.91 Å². The van der Waals surface area contributed by atoms with Crippen LogP contribution in [-0.4, -0.2) is 35.5 Å². The molecular formula is C13H17NO3S. The molecule has 1 aromatic carbocycles. The fourth-order valence-corrected chi connectivity index (χ4v) is 1.96. The van der Waals surface area contributed by atoms with Gasteiger partial charge in [-0.1, -0.05) is 6.07 Å². The quantitative estimate of drug-likeness (QED) is 0.744. The van der Waals surface area contributed by atoms with E-state index < -0.39 is 5.97 Å². The summed E-state index contributed by atoms with van der Waals surface area (Å²) < 4.78 is 0. The normalized spacial score (nSPS) is 10.1. The number of carbonyl (C=O) groups excluding carboxylic acids is 1. The average Bonchev–Trinajstić information content (AvgIpc) is 2.38. The van der Waals surface area contributed by atoms with Gasteiger partial charge >= 0.3 is 5.97 Å². The van der Waals surface area contributed by atoms with Crippen LogP contribution in [0, 0.1) is 0 Å². The largest absolute Gasteiger partial charge is 0.478 e. The molecule has 0 atom stereocenters. The van der Waals surface area contributed by atoms with Crippen LogP contribution in [0.1, 0.15) is 33.6 Å². The van der Waals surface area contributed by atoms with Crippen LogP contribution < -0.4 is 5.32 Å². The van der Waals surface area contributed by atoms with E-state index in [9.17, 15) is 9.59 Å². The molecule has 5 heteroatoms. The Hall–Kier alpha value is -1.49. The monoisotopic (exact) mass is 267 g/mol. The molecule has 2 N–H and O–H groups in total. The lowest BCUT2D eigenvalue weighted by Gasteiger charge is -2.05. The van der Waals surface area contributed by atoms with Crippen LogP contribution in [0.3, 0.4) is 0 Å². The number of amides is 1. The summed E-state index contributed by atoms with van der Waals surface area (Å²) in [5, 5.41) is 11.6. The van der Waals surface area contributed by atoms with Crippen molar-refractivity contribution in [2.45, 2.75) is 12.8 Å². The van der Waals surface area contributed by atoms with Crippen LogP contribution in [0.25, 0.3) is 0 Å². The van der Waals surface area contributed by atoms with Crippen LogP contribution in [0.4, 0.5) is 0 Å². The van der Waals surface area contributed by atoms with Crippen LogP contribution >= 0.6 is 11.8 Å². The second-order valence-corrected chi connectivity index (χ2v) is 4.83. The number of rotatable bonds is 7. The number of hydrogen-bond donors (Lipinski definition) is 2. The first-order chi connectivity index (χ1) is 8.65. The van der Waals surface area contributed by atoms with Crippen LogP contribution in [-0.2, 0) is 0 Å². The molecule has 1 rings (SSSR count). The van der Waals surface area contributed by atoms with E-state index in [0.717, 1.165) is 18.6 Å². The summed E-state index contributed by atoms with van der Waals surface area (Å²) in [5.41, 5.74) is 0.518. The molecular weight excluding hydrogens is 250 g/mol. The summed E-state index contributed by atoms with van der Waals surface area (Å²) in [6.45, 7) is 0.622. The molecule has 0 aliphatic rings. The zero-order valence-electron chi connectivity index (χ0n) is 10.3. The first-order valence-electron chi connectivity index (χ1n) is 5.75. The van der Waals surface area contributed by atoms with Crippen molar-refractivity contribution in [2.24, 2.45) is 0 Å². The van der Waals surface area contributed by atoms with Gasteiger partial charge in [-0.25, -0.2) is 4.79 Å². The minimum atomic E-state index is -1.02. The molecule has 0 saturated heterocycles. The van der Waals surface area contributed by atoms with Gasteiger partial charge in [-0.05, 0) is 43.0 Å². The summed E-state index contributed by atoms with van der Waals surface area (Å²) in [6.07, 6.45) is 4.05. The van der Waals surface area contributed by atoms with Gasteiger partial charge in [-0.15, -0.1) is 0 Å². The number of carbonyl (C=O) groups is 2. The Morgan fingerprint density at radius 2 is 2.00 bits per heavy atom.